The Morgan fingerprint density at radius 3 is 1.12 bits per heavy atom. The fourth-order valence-electron chi connectivity index (χ4n) is 2.95. The summed E-state index contributed by atoms with van der Waals surface area (Å²) in [6, 6.07) is 29.0. The van der Waals surface area contributed by atoms with Crippen molar-refractivity contribution in [1.29, 1.82) is 0 Å². The van der Waals surface area contributed by atoms with Gasteiger partial charge in [-0.25, -0.2) is 16.8 Å². The normalized spacial score (nSPS) is 11.5. The molecule has 0 aliphatic heterocycles. The average Bonchev–Trinajstić information content (AvgIpc) is 2.81. The molecular formula is C24H20N2O5S2. The van der Waals surface area contributed by atoms with E-state index in [1.54, 1.807) is 60.7 Å². The van der Waals surface area contributed by atoms with Gasteiger partial charge in [-0.1, -0.05) is 36.4 Å². The highest BCUT2D eigenvalue weighted by Gasteiger charge is 2.16. The van der Waals surface area contributed by atoms with Gasteiger partial charge in [0, 0.05) is 11.4 Å². The Balaban J connectivity index is 1.43. The predicted octanol–water partition coefficient (Wildman–Crippen LogP) is 5.08. The molecule has 33 heavy (non-hydrogen) atoms. The van der Waals surface area contributed by atoms with Crippen LogP contribution in [-0.2, 0) is 20.0 Å². The second kappa shape index (κ2) is 9.35. The molecule has 0 aliphatic rings. The van der Waals surface area contributed by atoms with Crippen LogP contribution < -0.4 is 14.2 Å². The number of ether oxygens (including phenoxy) is 1. The van der Waals surface area contributed by atoms with E-state index in [1.807, 2.05) is 0 Å². The standard InChI is InChI=1S/C24H20N2O5S2/c27-32(28,25-19-7-3-1-4-8-19)23-15-11-21(12-16-23)31-22-13-17-24(18-14-22)33(29,30)26-20-9-5-2-6-10-20/h1-18,25-26H. The van der Waals surface area contributed by atoms with Gasteiger partial charge in [0.05, 0.1) is 9.79 Å². The number of nitrogens with one attached hydrogen (secondary N) is 2. The molecule has 9 heteroatoms. The van der Waals surface area contributed by atoms with E-state index < -0.39 is 20.0 Å². The van der Waals surface area contributed by atoms with E-state index in [9.17, 15) is 16.8 Å². The van der Waals surface area contributed by atoms with Crippen LogP contribution in [0.3, 0.4) is 0 Å². The first kappa shape index (κ1) is 22.4. The molecule has 168 valence electrons. The molecule has 0 bridgehead atoms. The van der Waals surface area contributed by atoms with Crippen molar-refractivity contribution in [2.24, 2.45) is 0 Å². The number of rotatable bonds is 8. The van der Waals surface area contributed by atoms with Gasteiger partial charge in [-0.05, 0) is 72.8 Å². The number of anilines is 2. The Hall–Kier alpha value is -3.82. The first-order valence-electron chi connectivity index (χ1n) is 9.86. The highest BCUT2D eigenvalue weighted by molar-refractivity contribution is 7.93. The predicted molar refractivity (Wildman–Crippen MR) is 127 cm³/mol. The third-order valence-electron chi connectivity index (χ3n) is 4.56. The quantitative estimate of drug-likeness (QED) is 0.366. The number of hydrogen-bond acceptors (Lipinski definition) is 5. The topological polar surface area (TPSA) is 102 Å². The van der Waals surface area contributed by atoms with E-state index in [4.69, 9.17) is 4.74 Å². The SMILES string of the molecule is O=S(=O)(Nc1ccccc1)c1ccc(Oc2ccc(S(=O)(=O)Nc3ccccc3)cc2)cc1. The van der Waals surface area contributed by atoms with Gasteiger partial charge in [0.25, 0.3) is 20.0 Å². The molecule has 0 fully saturated rings. The molecule has 0 spiro atoms. The van der Waals surface area contributed by atoms with Gasteiger partial charge in [-0.3, -0.25) is 9.44 Å². The largest absolute Gasteiger partial charge is 0.457 e. The molecule has 0 amide bonds. The van der Waals surface area contributed by atoms with E-state index >= 15 is 0 Å². The van der Waals surface area contributed by atoms with Crippen LogP contribution in [-0.4, -0.2) is 16.8 Å². The second-order valence-corrected chi connectivity index (χ2v) is 10.4. The van der Waals surface area contributed by atoms with Crippen LogP contribution in [0.2, 0.25) is 0 Å². The maximum atomic E-state index is 12.5. The highest BCUT2D eigenvalue weighted by Crippen LogP contribution is 2.25. The summed E-state index contributed by atoms with van der Waals surface area (Å²) >= 11 is 0. The zero-order valence-electron chi connectivity index (χ0n) is 17.3. The van der Waals surface area contributed by atoms with Crippen LogP contribution in [0.15, 0.2) is 119 Å². The molecular weight excluding hydrogens is 460 g/mol. The lowest BCUT2D eigenvalue weighted by atomic mass is 10.3. The fourth-order valence-corrected chi connectivity index (χ4v) is 5.07. The zero-order chi connectivity index (χ0) is 23.3. The second-order valence-electron chi connectivity index (χ2n) is 6.99. The maximum absolute atomic E-state index is 12.5. The molecule has 4 aromatic carbocycles. The minimum atomic E-state index is -3.73. The van der Waals surface area contributed by atoms with Crippen molar-refractivity contribution in [3.8, 4) is 11.5 Å². The lowest BCUT2D eigenvalue weighted by Crippen LogP contribution is -2.12. The van der Waals surface area contributed by atoms with Gasteiger partial charge in [0.2, 0.25) is 0 Å². The molecule has 0 saturated carbocycles. The van der Waals surface area contributed by atoms with Gasteiger partial charge in [-0.2, -0.15) is 0 Å². The molecule has 0 unspecified atom stereocenters. The molecule has 0 aromatic heterocycles. The molecule has 7 nitrogen and oxygen atoms in total. The van der Waals surface area contributed by atoms with E-state index in [2.05, 4.69) is 9.44 Å². The number of hydrogen-bond donors (Lipinski definition) is 2. The number of sulfonamides is 2. The van der Waals surface area contributed by atoms with Crippen LogP contribution in [0.1, 0.15) is 0 Å². The Labute approximate surface area is 192 Å². The Morgan fingerprint density at radius 1 is 0.455 bits per heavy atom. The molecule has 0 saturated heterocycles. The summed E-state index contributed by atoms with van der Waals surface area (Å²) in [6.45, 7) is 0. The molecule has 0 radical (unpaired) electrons. The highest BCUT2D eigenvalue weighted by atomic mass is 32.2. The van der Waals surface area contributed by atoms with Crippen LogP contribution in [0.5, 0.6) is 11.5 Å². The fraction of sp³-hybridized carbons (Fsp3) is 0. The van der Waals surface area contributed by atoms with Crippen molar-refractivity contribution in [3.05, 3.63) is 109 Å². The van der Waals surface area contributed by atoms with Crippen molar-refractivity contribution >= 4 is 31.4 Å². The van der Waals surface area contributed by atoms with E-state index in [1.165, 1.54) is 48.5 Å². The van der Waals surface area contributed by atoms with Gasteiger partial charge < -0.3 is 4.74 Å². The number of para-hydroxylation sites is 2. The monoisotopic (exact) mass is 480 g/mol. The van der Waals surface area contributed by atoms with Crippen molar-refractivity contribution in [2.75, 3.05) is 9.44 Å². The molecule has 0 aliphatic carbocycles. The van der Waals surface area contributed by atoms with Crippen LogP contribution in [0.25, 0.3) is 0 Å². The Bertz CT molecular complexity index is 1310. The first-order valence-corrected chi connectivity index (χ1v) is 12.8. The Morgan fingerprint density at radius 2 is 0.788 bits per heavy atom. The van der Waals surface area contributed by atoms with Crippen LogP contribution >= 0.6 is 0 Å². The summed E-state index contributed by atoms with van der Waals surface area (Å²) in [5.74, 6) is 0.818. The molecule has 4 rings (SSSR count). The van der Waals surface area contributed by atoms with E-state index in [0.717, 1.165) is 0 Å². The van der Waals surface area contributed by atoms with Crippen LogP contribution in [0.4, 0.5) is 11.4 Å². The summed E-state index contributed by atoms with van der Waals surface area (Å²) in [6.07, 6.45) is 0. The molecule has 4 aromatic rings. The first-order chi connectivity index (χ1) is 15.8. The average molecular weight is 481 g/mol. The minimum Gasteiger partial charge on any atom is -0.457 e. The van der Waals surface area contributed by atoms with Crippen molar-refractivity contribution in [2.45, 2.75) is 9.79 Å². The summed E-state index contributed by atoms with van der Waals surface area (Å²) < 4.78 is 60.8. The molecule has 2 N–H and O–H groups in total. The molecule has 0 heterocycles. The molecule has 0 atom stereocenters. The van der Waals surface area contributed by atoms with Gasteiger partial charge in [-0.15, -0.1) is 0 Å². The van der Waals surface area contributed by atoms with Gasteiger partial charge >= 0.3 is 0 Å². The summed E-state index contributed by atoms with van der Waals surface area (Å²) in [5.41, 5.74) is 0.934. The lowest BCUT2D eigenvalue weighted by Gasteiger charge is -2.11. The van der Waals surface area contributed by atoms with E-state index in [0.29, 0.717) is 22.9 Å². The minimum absolute atomic E-state index is 0.0899. The summed E-state index contributed by atoms with van der Waals surface area (Å²) in [7, 11) is -7.46. The van der Waals surface area contributed by atoms with Crippen LogP contribution in [0, 0.1) is 0 Å². The van der Waals surface area contributed by atoms with Crippen molar-refractivity contribution < 1.29 is 21.6 Å². The zero-order valence-corrected chi connectivity index (χ0v) is 18.9. The number of benzene rings is 4. The smallest absolute Gasteiger partial charge is 0.261 e. The third-order valence-corrected chi connectivity index (χ3v) is 7.35. The summed E-state index contributed by atoms with van der Waals surface area (Å²) in [4.78, 5) is 0.180. The van der Waals surface area contributed by atoms with E-state index in [-0.39, 0.29) is 9.79 Å². The maximum Gasteiger partial charge on any atom is 0.261 e. The van der Waals surface area contributed by atoms with Crippen molar-refractivity contribution in [1.82, 2.24) is 0 Å². The summed E-state index contributed by atoms with van der Waals surface area (Å²) in [5, 5.41) is 0. The van der Waals surface area contributed by atoms with Gasteiger partial charge in [0.15, 0.2) is 0 Å². The Kier molecular flexibility index (Phi) is 6.34. The third kappa shape index (κ3) is 5.71. The lowest BCUT2D eigenvalue weighted by molar-refractivity contribution is 0.481. The van der Waals surface area contributed by atoms with Crippen molar-refractivity contribution in [3.63, 3.8) is 0 Å². The van der Waals surface area contributed by atoms with Gasteiger partial charge in [0.1, 0.15) is 11.5 Å².